The molecule has 0 aromatic heterocycles. The maximum atomic E-state index is 11.8. The molecule has 17 heavy (non-hydrogen) atoms. The van der Waals surface area contributed by atoms with E-state index >= 15 is 0 Å². The second-order valence-electron chi connectivity index (χ2n) is 3.87. The molecule has 0 saturated carbocycles. The van der Waals surface area contributed by atoms with Gasteiger partial charge in [0.15, 0.2) is 0 Å². The molecule has 0 fully saturated rings. The molecule has 0 aromatic carbocycles. The molecular weight excluding hydrogens is 220 g/mol. The Hall–Kier alpha value is -1.09. The highest BCUT2D eigenvalue weighted by atomic mass is 16.5. The van der Waals surface area contributed by atoms with Crippen molar-refractivity contribution in [2.24, 2.45) is 0 Å². The molecule has 1 aliphatic heterocycles. The standard InChI is InChI=1S/C12H20N2O3/c1-13-8-12(15)14-7-5-4-6-10(16-2)11(9-14)17-3/h10-11,13H,5,7-9H2,1-3H3. The number of hydrogen-bond donors (Lipinski definition) is 1. The van der Waals surface area contributed by atoms with E-state index in [0.29, 0.717) is 26.1 Å². The number of ether oxygens (including phenoxy) is 2. The Morgan fingerprint density at radius 1 is 1.47 bits per heavy atom. The van der Waals surface area contributed by atoms with Gasteiger partial charge in [0, 0.05) is 27.2 Å². The van der Waals surface area contributed by atoms with Gasteiger partial charge in [0.1, 0.15) is 12.2 Å². The largest absolute Gasteiger partial charge is 0.376 e. The minimum Gasteiger partial charge on any atom is -0.376 e. The summed E-state index contributed by atoms with van der Waals surface area (Å²) < 4.78 is 10.6. The number of amides is 1. The van der Waals surface area contributed by atoms with Crippen molar-refractivity contribution in [1.29, 1.82) is 0 Å². The molecule has 5 heteroatoms. The van der Waals surface area contributed by atoms with Crippen molar-refractivity contribution in [2.75, 3.05) is 40.9 Å². The molecule has 5 nitrogen and oxygen atoms in total. The van der Waals surface area contributed by atoms with Crippen molar-refractivity contribution < 1.29 is 14.3 Å². The van der Waals surface area contributed by atoms with E-state index in [1.54, 1.807) is 26.2 Å². The van der Waals surface area contributed by atoms with Crippen molar-refractivity contribution >= 4 is 5.91 Å². The molecule has 0 radical (unpaired) electrons. The summed E-state index contributed by atoms with van der Waals surface area (Å²) in [6.45, 7) is 1.50. The van der Waals surface area contributed by atoms with Gasteiger partial charge in [-0.15, -0.1) is 0 Å². The fraction of sp³-hybridized carbons (Fsp3) is 0.750. The Morgan fingerprint density at radius 3 is 2.82 bits per heavy atom. The first-order valence-electron chi connectivity index (χ1n) is 5.69. The van der Waals surface area contributed by atoms with Crippen LogP contribution in [0.1, 0.15) is 6.42 Å². The van der Waals surface area contributed by atoms with Gasteiger partial charge in [0.2, 0.25) is 5.91 Å². The van der Waals surface area contributed by atoms with Gasteiger partial charge in [-0.2, -0.15) is 0 Å². The number of nitrogens with one attached hydrogen (secondary N) is 1. The van der Waals surface area contributed by atoms with Gasteiger partial charge in [-0.3, -0.25) is 4.79 Å². The van der Waals surface area contributed by atoms with Crippen molar-refractivity contribution in [3.63, 3.8) is 0 Å². The summed E-state index contributed by atoms with van der Waals surface area (Å²) in [7, 11) is 4.97. The topological polar surface area (TPSA) is 50.8 Å². The Labute approximate surface area is 102 Å². The average Bonchev–Trinajstić information content (AvgIpc) is 2.30. The van der Waals surface area contributed by atoms with Crippen molar-refractivity contribution in [2.45, 2.75) is 18.6 Å². The van der Waals surface area contributed by atoms with Crippen LogP contribution < -0.4 is 5.32 Å². The molecule has 2 unspecified atom stereocenters. The Balaban J connectivity index is 2.72. The highest BCUT2D eigenvalue weighted by Crippen LogP contribution is 2.08. The Morgan fingerprint density at radius 2 is 2.24 bits per heavy atom. The van der Waals surface area contributed by atoms with Gasteiger partial charge >= 0.3 is 0 Å². The Bertz CT molecular complexity index is 309. The molecule has 1 aliphatic rings. The summed E-state index contributed by atoms with van der Waals surface area (Å²) in [6.07, 6.45) is 0.199. The van der Waals surface area contributed by atoms with E-state index in [-0.39, 0.29) is 18.1 Å². The lowest BCUT2D eigenvalue weighted by molar-refractivity contribution is -0.133. The fourth-order valence-electron chi connectivity index (χ4n) is 1.76. The monoisotopic (exact) mass is 240 g/mol. The maximum absolute atomic E-state index is 11.8. The molecule has 0 spiro atoms. The van der Waals surface area contributed by atoms with Gasteiger partial charge in [0.25, 0.3) is 0 Å². The molecule has 1 N–H and O–H groups in total. The maximum Gasteiger partial charge on any atom is 0.236 e. The summed E-state index contributed by atoms with van der Waals surface area (Å²) in [5.74, 6) is 6.09. The number of carbonyl (C=O) groups is 1. The van der Waals surface area contributed by atoms with E-state index in [1.807, 2.05) is 0 Å². The summed E-state index contributed by atoms with van der Waals surface area (Å²) in [4.78, 5) is 13.6. The van der Waals surface area contributed by atoms with Gasteiger partial charge in [0.05, 0.1) is 13.1 Å². The van der Waals surface area contributed by atoms with Gasteiger partial charge < -0.3 is 19.7 Å². The summed E-state index contributed by atoms with van der Waals surface area (Å²) >= 11 is 0. The first kappa shape index (κ1) is 14.0. The molecule has 96 valence electrons. The first-order valence-corrected chi connectivity index (χ1v) is 5.69. The lowest BCUT2D eigenvalue weighted by Crippen LogP contribution is -2.47. The van der Waals surface area contributed by atoms with E-state index in [2.05, 4.69) is 17.2 Å². The lowest BCUT2D eigenvalue weighted by Gasteiger charge is -2.30. The van der Waals surface area contributed by atoms with Crippen LogP contribution >= 0.6 is 0 Å². The van der Waals surface area contributed by atoms with Crippen LogP contribution in [0.25, 0.3) is 0 Å². The van der Waals surface area contributed by atoms with Crippen LogP contribution in [0.3, 0.4) is 0 Å². The van der Waals surface area contributed by atoms with E-state index < -0.39 is 0 Å². The minimum absolute atomic E-state index is 0.0631. The van der Waals surface area contributed by atoms with Crippen molar-refractivity contribution in [3.8, 4) is 11.8 Å². The molecule has 1 rings (SSSR count). The zero-order valence-corrected chi connectivity index (χ0v) is 10.7. The molecule has 0 aliphatic carbocycles. The minimum atomic E-state index is -0.273. The summed E-state index contributed by atoms with van der Waals surface area (Å²) in [5.41, 5.74) is 0. The molecule has 1 amide bonds. The summed E-state index contributed by atoms with van der Waals surface area (Å²) in [5, 5.41) is 2.86. The molecule has 0 aromatic rings. The predicted octanol–water partition coefficient (Wildman–Crippen LogP) is -0.528. The Kier molecular flexibility index (Phi) is 5.98. The van der Waals surface area contributed by atoms with Gasteiger partial charge in [-0.05, 0) is 7.05 Å². The molecule has 1 heterocycles. The number of likely N-dealkylation sites (N-methyl/N-ethyl adjacent to an activating group) is 1. The zero-order valence-electron chi connectivity index (χ0n) is 10.7. The number of nitrogens with zero attached hydrogens (tertiary/aromatic N) is 1. The quantitative estimate of drug-likeness (QED) is 0.671. The number of carbonyl (C=O) groups excluding carboxylic acids is 1. The normalized spacial score (nSPS) is 24.5. The van der Waals surface area contributed by atoms with Crippen LogP contribution in [-0.4, -0.2) is 63.9 Å². The number of methoxy groups -OCH3 is 2. The average molecular weight is 240 g/mol. The van der Waals surface area contributed by atoms with Gasteiger partial charge in [-0.25, -0.2) is 0 Å². The third-order valence-electron chi connectivity index (χ3n) is 2.73. The molecule has 0 bridgehead atoms. The molecule has 2 atom stereocenters. The van der Waals surface area contributed by atoms with Crippen LogP contribution in [0, 0.1) is 11.8 Å². The first-order chi connectivity index (χ1) is 8.22. The van der Waals surface area contributed by atoms with E-state index in [9.17, 15) is 4.79 Å². The SMILES string of the molecule is CNCC(=O)N1CCC#CC(OC)C(OC)C1. The summed E-state index contributed by atoms with van der Waals surface area (Å²) in [6, 6.07) is 0. The van der Waals surface area contributed by atoms with Crippen molar-refractivity contribution in [3.05, 3.63) is 0 Å². The van der Waals surface area contributed by atoms with Crippen LogP contribution in [0.5, 0.6) is 0 Å². The zero-order chi connectivity index (χ0) is 12.7. The van der Waals surface area contributed by atoms with Gasteiger partial charge in [-0.1, -0.05) is 11.8 Å². The van der Waals surface area contributed by atoms with Crippen LogP contribution in [0.4, 0.5) is 0 Å². The van der Waals surface area contributed by atoms with Crippen LogP contribution in [0.15, 0.2) is 0 Å². The molecule has 0 saturated heterocycles. The van der Waals surface area contributed by atoms with E-state index in [1.165, 1.54) is 0 Å². The number of rotatable bonds is 4. The lowest BCUT2D eigenvalue weighted by atomic mass is 10.1. The number of hydrogen-bond acceptors (Lipinski definition) is 4. The van der Waals surface area contributed by atoms with Crippen LogP contribution in [-0.2, 0) is 14.3 Å². The van der Waals surface area contributed by atoms with E-state index in [4.69, 9.17) is 9.47 Å². The third kappa shape index (κ3) is 4.00. The smallest absolute Gasteiger partial charge is 0.236 e. The van der Waals surface area contributed by atoms with Crippen molar-refractivity contribution in [1.82, 2.24) is 10.2 Å². The van der Waals surface area contributed by atoms with E-state index in [0.717, 1.165) is 0 Å². The van der Waals surface area contributed by atoms with Crippen LogP contribution in [0.2, 0.25) is 0 Å². The highest BCUT2D eigenvalue weighted by Gasteiger charge is 2.25. The predicted molar refractivity (Wildman–Crippen MR) is 64.5 cm³/mol. The second-order valence-corrected chi connectivity index (χ2v) is 3.87. The third-order valence-corrected chi connectivity index (χ3v) is 2.73. The fourth-order valence-corrected chi connectivity index (χ4v) is 1.76. The second kappa shape index (κ2) is 7.28. The molecular formula is C12H20N2O3. The highest BCUT2D eigenvalue weighted by molar-refractivity contribution is 5.78.